The van der Waals surface area contributed by atoms with Crippen LogP contribution in [0.1, 0.15) is 27.4 Å². The predicted molar refractivity (Wildman–Crippen MR) is 128 cm³/mol. The van der Waals surface area contributed by atoms with Crippen LogP contribution < -0.4 is 24.7 Å². The van der Waals surface area contributed by atoms with Gasteiger partial charge in [0.05, 0.1) is 25.7 Å². The number of nitrogens with two attached hydrogens (primary N) is 1. The molecule has 9 heteroatoms. The highest BCUT2D eigenvalue weighted by Gasteiger charge is 2.31. The topological polar surface area (TPSA) is 130 Å². The Morgan fingerprint density at radius 2 is 1.75 bits per heavy atom. The van der Waals surface area contributed by atoms with Crippen LogP contribution in [-0.2, 0) is 9.53 Å². The van der Waals surface area contributed by atoms with Gasteiger partial charge in [0.25, 0.3) is 0 Å². The lowest BCUT2D eigenvalue weighted by atomic mass is 9.83. The fourth-order valence-electron chi connectivity index (χ4n) is 3.81. The first kappa shape index (κ1) is 24.2. The standard InChI is InChI=1S/C27H22N2O7/c1-32-21-5-3-4-6-22(21)34-15-24(30)35-18-11-12-19-23(13-18)36-26(29)20(14-28)25(19)16-7-9-17(10-8-16)27(31)33-2/h3-13,25H,15,29H2,1-2H3. The third-order valence-corrected chi connectivity index (χ3v) is 5.50. The molecule has 36 heavy (non-hydrogen) atoms. The van der Waals surface area contributed by atoms with E-state index in [9.17, 15) is 14.9 Å². The Morgan fingerprint density at radius 1 is 1.03 bits per heavy atom. The summed E-state index contributed by atoms with van der Waals surface area (Å²) in [6.45, 7) is -0.339. The second kappa shape index (κ2) is 10.5. The van der Waals surface area contributed by atoms with Gasteiger partial charge in [-0.3, -0.25) is 0 Å². The van der Waals surface area contributed by atoms with Gasteiger partial charge in [-0.05, 0) is 35.9 Å². The van der Waals surface area contributed by atoms with Crippen LogP contribution >= 0.6 is 0 Å². The second-order valence-electron chi connectivity index (χ2n) is 7.65. The van der Waals surface area contributed by atoms with Gasteiger partial charge in [0.15, 0.2) is 18.1 Å². The average Bonchev–Trinajstić information content (AvgIpc) is 2.90. The molecule has 0 saturated carbocycles. The number of esters is 2. The van der Waals surface area contributed by atoms with Gasteiger partial charge in [0.1, 0.15) is 23.1 Å². The maximum absolute atomic E-state index is 12.4. The van der Waals surface area contributed by atoms with E-state index in [2.05, 4.69) is 6.07 Å². The molecule has 2 N–H and O–H groups in total. The first-order valence-corrected chi connectivity index (χ1v) is 10.8. The maximum atomic E-state index is 12.4. The van der Waals surface area contributed by atoms with Crippen LogP contribution in [0.15, 0.2) is 78.2 Å². The Morgan fingerprint density at radius 3 is 2.42 bits per heavy atom. The van der Waals surface area contributed by atoms with Gasteiger partial charge in [0.2, 0.25) is 5.88 Å². The van der Waals surface area contributed by atoms with Crippen molar-refractivity contribution < 1.29 is 33.3 Å². The zero-order valence-corrected chi connectivity index (χ0v) is 19.5. The smallest absolute Gasteiger partial charge is 0.349 e. The van der Waals surface area contributed by atoms with Crippen LogP contribution in [-0.4, -0.2) is 32.8 Å². The van der Waals surface area contributed by atoms with E-state index >= 15 is 0 Å². The van der Waals surface area contributed by atoms with Crippen molar-refractivity contribution in [2.75, 3.05) is 20.8 Å². The molecule has 3 aromatic rings. The van der Waals surface area contributed by atoms with Crippen molar-refractivity contribution >= 4 is 11.9 Å². The van der Waals surface area contributed by atoms with Crippen LogP contribution in [0.5, 0.6) is 23.0 Å². The highest BCUT2D eigenvalue weighted by atomic mass is 16.6. The number of nitrogens with zero attached hydrogens (tertiary/aromatic N) is 1. The van der Waals surface area contributed by atoms with Gasteiger partial charge in [-0.1, -0.05) is 30.3 Å². The molecule has 182 valence electrons. The lowest BCUT2D eigenvalue weighted by Gasteiger charge is -2.26. The van der Waals surface area contributed by atoms with E-state index in [1.165, 1.54) is 20.3 Å². The molecule has 0 amide bonds. The van der Waals surface area contributed by atoms with Gasteiger partial charge >= 0.3 is 11.9 Å². The van der Waals surface area contributed by atoms with Crippen LogP contribution in [0, 0.1) is 11.3 Å². The highest BCUT2D eigenvalue weighted by molar-refractivity contribution is 5.89. The van der Waals surface area contributed by atoms with Crippen molar-refractivity contribution in [2.45, 2.75) is 5.92 Å². The summed E-state index contributed by atoms with van der Waals surface area (Å²) in [6, 6.07) is 20.5. The molecule has 1 unspecified atom stereocenters. The largest absolute Gasteiger partial charge is 0.493 e. The summed E-state index contributed by atoms with van der Waals surface area (Å²) in [5, 5.41) is 9.73. The first-order valence-electron chi connectivity index (χ1n) is 10.8. The van der Waals surface area contributed by atoms with Crippen LogP contribution in [0.2, 0.25) is 0 Å². The zero-order valence-electron chi connectivity index (χ0n) is 19.5. The summed E-state index contributed by atoms with van der Waals surface area (Å²) < 4.78 is 26.5. The fourth-order valence-corrected chi connectivity index (χ4v) is 3.81. The molecule has 0 aliphatic carbocycles. The van der Waals surface area contributed by atoms with Crippen molar-refractivity contribution in [3.63, 3.8) is 0 Å². The number of allylic oxidation sites excluding steroid dienone is 1. The van der Waals surface area contributed by atoms with Crippen molar-refractivity contribution in [1.29, 1.82) is 5.26 Å². The van der Waals surface area contributed by atoms with Crippen molar-refractivity contribution in [3.05, 3.63) is 94.9 Å². The van der Waals surface area contributed by atoms with Crippen molar-refractivity contribution in [1.82, 2.24) is 0 Å². The molecule has 1 aliphatic heterocycles. The Balaban J connectivity index is 1.54. The monoisotopic (exact) mass is 486 g/mol. The number of rotatable bonds is 7. The fraction of sp³-hybridized carbons (Fsp3) is 0.148. The molecule has 0 spiro atoms. The van der Waals surface area contributed by atoms with E-state index in [4.69, 9.17) is 29.4 Å². The van der Waals surface area contributed by atoms with Gasteiger partial charge < -0.3 is 29.4 Å². The molecule has 9 nitrogen and oxygen atoms in total. The number of carbonyl (C=O) groups excluding carboxylic acids is 2. The minimum atomic E-state index is -0.632. The second-order valence-corrected chi connectivity index (χ2v) is 7.65. The van der Waals surface area contributed by atoms with Gasteiger partial charge in [-0.2, -0.15) is 5.26 Å². The Bertz CT molecular complexity index is 1370. The summed E-state index contributed by atoms with van der Waals surface area (Å²) in [6.07, 6.45) is 0. The van der Waals surface area contributed by atoms with E-state index < -0.39 is 17.9 Å². The number of ether oxygens (including phenoxy) is 5. The number of fused-ring (bicyclic) bond motifs is 1. The summed E-state index contributed by atoms with van der Waals surface area (Å²) in [5.41, 5.74) is 8.02. The SMILES string of the molecule is COC(=O)c1ccc(C2C(C#N)=C(N)Oc3cc(OC(=O)COc4ccccc4OC)ccc32)cc1. The van der Waals surface area contributed by atoms with Crippen LogP contribution in [0.3, 0.4) is 0 Å². The van der Waals surface area contributed by atoms with Gasteiger partial charge in [-0.15, -0.1) is 0 Å². The normalized spacial score (nSPS) is 14.1. The molecule has 1 aliphatic rings. The molecule has 0 fully saturated rings. The lowest BCUT2D eigenvalue weighted by Crippen LogP contribution is -2.22. The van der Waals surface area contributed by atoms with E-state index in [0.717, 1.165) is 5.56 Å². The van der Waals surface area contributed by atoms with Gasteiger partial charge in [-0.25, -0.2) is 9.59 Å². The maximum Gasteiger partial charge on any atom is 0.349 e. The number of benzene rings is 3. The molecular weight excluding hydrogens is 464 g/mol. The highest BCUT2D eigenvalue weighted by Crippen LogP contribution is 2.43. The molecule has 4 rings (SSSR count). The number of hydrogen-bond donors (Lipinski definition) is 1. The molecule has 1 heterocycles. The minimum absolute atomic E-state index is 0.0602. The van der Waals surface area contributed by atoms with E-state index in [1.54, 1.807) is 60.7 Å². The Labute approximate surface area is 207 Å². The molecular formula is C27H22N2O7. The summed E-state index contributed by atoms with van der Waals surface area (Å²) in [7, 11) is 2.81. The predicted octanol–water partition coefficient (Wildman–Crippen LogP) is 3.68. The zero-order chi connectivity index (χ0) is 25.7. The number of nitriles is 1. The van der Waals surface area contributed by atoms with Crippen LogP contribution in [0.25, 0.3) is 0 Å². The Kier molecular flexibility index (Phi) is 7.07. The molecule has 0 aromatic heterocycles. The lowest BCUT2D eigenvalue weighted by molar-refractivity contribution is -0.136. The van der Waals surface area contributed by atoms with Crippen molar-refractivity contribution in [3.8, 4) is 29.1 Å². The summed E-state index contributed by atoms with van der Waals surface area (Å²) in [5.74, 6) is -0.236. The van der Waals surface area contributed by atoms with E-state index in [-0.39, 0.29) is 23.8 Å². The van der Waals surface area contributed by atoms with E-state index in [0.29, 0.717) is 28.4 Å². The minimum Gasteiger partial charge on any atom is -0.493 e. The molecule has 0 bridgehead atoms. The Hall–Kier alpha value is -4.97. The molecule has 0 radical (unpaired) electrons. The third kappa shape index (κ3) is 4.93. The number of carbonyl (C=O) groups is 2. The van der Waals surface area contributed by atoms with Crippen LogP contribution in [0.4, 0.5) is 0 Å². The summed E-state index contributed by atoms with van der Waals surface area (Å²) in [4.78, 5) is 24.1. The number of para-hydroxylation sites is 2. The van der Waals surface area contributed by atoms with Gasteiger partial charge in [0, 0.05) is 11.6 Å². The number of hydrogen-bond acceptors (Lipinski definition) is 9. The first-order chi connectivity index (χ1) is 17.4. The van der Waals surface area contributed by atoms with E-state index in [1.807, 2.05) is 0 Å². The third-order valence-electron chi connectivity index (χ3n) is 5.50. The molecule has 1 atom stereocenters. The molecule has 0 saturated heterocycles. The molecule has 3 aromatic carbocycles. The number of methoxy groups -OCH3 is 2. The van der Waals surface area contributed by atoms with Crippen molar-refractivity contribution in [2.24, 2.45) is 5.73 Å². The summed E-state index contributed by atoms with van der Waals surface area (Å²) >= 11 is 0. The average molecular weight is 486 g/mol. The quantitative estimate of drug-likeness (QED) is 0.392.